The third-order valence-electron chi connectivity index (χ3n) is 1.61. The molecule has 1 aromatic heterocycles. The highest BCUT2D eigenvalue weighted by Gasteiger charge is 2.13. The first-order valence-electron chi connectivity index (χ1n) is 3.81. The lowest BCUT2D eigenvalue weighted by atomic mass is 10.3. The number of hydrogen-bond acceptors (Lipinski definition) is 5. The van der Waals surface area contributed by atoms with Crippen LogP contribution in [0.3, 0.4) is 0 Å². The summed E-state index contributed by atoms with van der Waals surface area (Å²) in [5.41, 5.74) is 0.581. The Morgan fingerprint density at radius 1 is 1.46 bits per heavy atom. The van der Waals surface area contributed by atoms with Crippen molar-refractivity contribution in [3.05, 3.63) is 35.6 Å². The van der Waals surface area contributed by atoms with E-state index in [1.165, 1.54) is 6.33 Å². The predicted octanol–water partition coefficient (Wildman–Crippen LogP) is -0.111. The highest BCUT2D eigenvalue weighted by Crippen LogP contribution is 2.16. The first kappa shape index (κ1) is 8.37. The summed E-state index contributed by atoms with van der Waals surface area (Å²) in [5, 5.41) is 0.677. The second-order valence-electron chi connectivity index (χ2n) is 2.88. The predicted molar refractivity (Wildman–Crippen MR) is 50.9 cm³/mol. The average molecular weight is 192 g/mol. The van der Waals surface area contributed by atoms with Gasteiger partial charge in [0.2, 0.25) is 0 Å². The second-order valence-corrected chi connectivity index (χ2v) is 3.79. The molecular weight excluding hydrogens is 184 g/mol. The molecule has 1 unspecified atom stereocenters. The van der Waals surface area contributed by atoms with Crippen molar-refractivity contribution >= 4 is 12.6 Å². The van der Waals surface area contributed by atoms with Gasteiger partial charge in [-0.25, -0.2) is 15.0 Å². The van der Waals surface area contributed by atoms with Crippen molar-refractivity contribution < 1.29 is 0 Å². The van der Waals surface area contributed by atoms with Crippen LogP contribution in [-0.4, -0.2) is 14.8 Å². The second kappa shape index (κ2) is 2.92. The van der Waals surface area contributed by atoms with E-state index in [2.05, 4.69) is 32.6 Å². The summed E-state index contributed by atoms with van der Waals surface area (Å²) in [6.45, 7) is 1.87. The Morgan fingerprint density at radius 2 is 2.31 bits per heavy atom. The lowest BCUT2D eigenvalue weighted by molar-refractivity contribution is 0.801. The van der Waals surface area contributed by atoms with Crippen LogP contribution in [-0.2, 0) is 0 Å². The molecule has 13 heavy (non-hydrogen) atoms. The number of nitrogens with zero attached hydrogens (tertiary/aromatic N) is 4. The van der Waals surface area contributed by atoms with Crippen molar-refractivity contribution in [2.45, 2.75) is 11.8 Å². The van der Waals surface area contributed by atoms with Gasteiger partial charge in [0.15, 0.2) is 5.49 Å². The Hall–Kier alpha value is -1.23. The molecule has 1 atom stereocenters. The van der Waals surface area contributed by atoms with E-state index >= 15 is 0 Å². The van der Waals surface area contributed by atoms with Crippen LogP contribution in [0.1, 0.15) is 6.92 Å². The normalized spacial score (nSPS) is 25.4. The van der Waals surface area contributed by atoms with Crippen LogP contribution in [0.2, 0.25) is 0 Å². The standard InChI is InChI=1S/C8H8N4S/c1-8(13)2-3-10-6-4-9-5-11-7(6)12-8/h2-5,13H,1H3. The summed E-state index contributed by atoms with van der Waals surface area (Å²) in [4.78, 5) is 15.8. The highest BCUT2D eigenvalue weighted by atomic mass is 32.1. The topological polar surface area (TPSA) is 50.5 Å². The van der Waals surface area contributed by atoms with E-state index in [0.717, 1.165) is 0 Å². The van der Waals surface area contributed by atoms with Crippen molar-refractivity contribution in [3.63, 3.8) is 0 Å². The molecule has 0 amide bonds. The molecule has 1 aliphatic heterocycles. The van der Waals surface area contributed by atoms with E-state index in [9.17, 15) is 0 Å². The van der Waals surface area contributed by atoms with Gasteiger partial charge in [-0.1, -0.05) is 0 Å². The van der Waals surface area contributed by atoms with Gasteiger partial charge in [0.1, 0.15) is 16.6 Å². The van der Waals surface area contributed by atoms with Crippen molar-refractivity contribution in [1.82, 2.24) is 9.97 Å². The molecule has 1 aromatic rings. The summed E-state index contributed by atoms with van der Waals surface area (Å²) < 4.78 is 0. The van der Waals surface area contributed by atoms with Gasteiger partial charge in [0.05, 0.1) is 6.20 Å². The molecule has 0 fully saturated rings. The zero-order valence-corrected chi connectivity index (χ0v) is 7.94. The van der Waals surface area contributed by atoms with Gasteiger partial charge in [-0.2, -0.15) is 0 Å². The van der Waals surface area contributed by atoms with Gasteiger partial charge in [0, 0.05) is 6.20 Å². The Balaban J connectivity index is 2.77. The largest absolute Gasteiger partial charge is 0.251 e. The van der Waals surface area contributed by atoms with Crippen LogP contribution in [0.5, 0.6) is 0 Å². The Morgan fingerprint density at radius 3 is 3.15 bits per heavy atom. The van der Waals surface area contributed by atoms with Gasteiger partial charge in [-0.3, -0.25) is 4.99 Å². The number of hydrogen-bond donors (Lipinski definition) is 1. The number of aromatic nitrogens is 2. The van der Waals surface area contributed by atoms with Crippen LogP contribution in [0, 0.1) is 0 Å². The van der Waals surface area contributed by atoms with Crippen molar-refractivity contribution in [2.75, 3.05) is 0 Å². The smallest absolute Gasteiger partial charge is 0.178 e. The first-order valence-corrected chi connectivity index (χ1v) is 4.26. The Labute approximate surface area is 80.6 Å². The van der Waals surface area contributed by atoms with Crippen LogP contribution in [0.15, 0.2) is 34.8 Å². The van der Waals surface area contributed by atoms with Crippen LogP contribution < -0.4 is 10.8 Å². The van der Waals surface area contributed by atoms with Gasteiger partial charge in [-0.05, 0) is 13.0 Å². The number of rotatable bonds is 0. The van der Waals surface area contributed by atoms with Crippen LogP contribution in [0.4, 0.5) is 0 Å². The van der Waals surface area contributed by atoms with Crippen molar-refractivity contribution in [1.29, 1.82) is 0 Å². The van der Waals surface area contributed by atoms with Crippen LogP contribution in [0.25, 0.3) is 0 Å². The quantitative estimate of drug-likeness (QED) is 0.583. The Bertz CT molecular complexity index is 463. The summed E-state index contributed by atoms with van der Waals surface area (Å²) in [5.74, 6) is 0. The zero-order valence-electron chi connectivity index (χ0n) is 7.05. The minimum Gasteiger partial charge on any atom is -0.251 e. The maximum absolute atomic E-state index is 4.34. The molecule has 5 heteroatoms. The van der Waals surface area contributed by atoms with Crippen molar-refractivity contribution in [2.24, 2.45) is 9.98 Å². The molecule has 2 heterocycles. The van der Waals surface area contributed by atoms with E-state index in [1.54, 1.807) is 18.5 Å². The molecule has 0 aromatic carbocycles. The maximum Gasteiger partial charge on any atom is 0.178 e. The molecular formula is C8H8N4S. The third kappa shape index (κ3) is 1.75. The molecule has 66 valence electrons. The number of thiol groups is 1. The van der Waals surface area contributed by atoms with E-state index in [4.69, 9.17) is 0 Å². The fourth-order valence-corrected chi connectivity index (χ4v) is 1.16. The average Bonchev–Trinajstić information content (AvgIpc) is 2.21. The number of fused-ring (bicyclic) bond motifs is 1. The van der Waals surface area contributed by atoms with E-state index in [-0.39, 0.29) is 0 Å². The van der Waals surface area contributed by atoms with Crippen LogP contribution >= 0.6 is 12.6 Å². The van der Waals surface area contributed by atoms with Gasteiger partial charge >= 0.3 is 0 Å². The lowest BCUT2D eigenvalue weighted by Crippen LogP contribution is -2.31. The SMILES string of the molecule is CC1(S)C=CN=c2cncnc2=N1. The summed E-state index contributed by atoms with van der Waals surface area (Å²) in [6.07, 6.45) is 6.56. The molecule has 2 rings (SSSR count). The molecule has 0 bridgehead atoms. The summed E-state index contributed by atoms with van der Waals surface area (Å²) in [6, 6.07) is 0. The molecule has 0 saturated heterocycles. The molecule has 4 nitrogen and oxygen atoms in total. The molecule has 0 saturated carbocycles. The van der Waals surface area contributed by atoms with Gasteiger partial charge in [-0.15, -0.1) is 12.6 Å². The first-order chi connectivity index (χ1) is 6.17. The van der Waals surface area contributed by atoms with E-state index in [0.29, 0.717) is 10.8 Å². The maximum atomic E-state index is 4.34. The molecule has 0 radical (unpaired) electrons. The summed E-state index contributed by atoms with van der Waals surface area (Å²) in [7, 11) is 0. The molecule has 0 spiro atoms. The summed E-state index contributed by atoms with van der Waals surface area (Å²) >= 11 is 4.34. The lowest BCUT2D eigenvalue weighted by Gasteiger charge is -2.09. The third-order valence-corrected chi connectivity index (χ3v) is 1.86. The monoisotopic (exact) mass is 192 g/mol. The molecule has 0 N–H and O–H groups in total. The van der Waals surface area contributed by atoms with Crippen molar-refractivity contribution in [3.8, 4) is 0 Å². The molecule has 1 aliphatic rings. The van der Waals surface area contributed by atoms with Gasteiger partial charge < -0.3 is 0 Å². The minimum absolute atomic E-state index is 0.539. The van der Waals surface area contributed by atoms with Gasteiger partial charge in [0.25, 0.3) is 0 Å². The fraction of sp³-hybridized carbons (Fsp3) is 0.250. The minimum atomic E-state index is -0.539. The fourth-order valence-electron chi connectivity index (χ4n) is 1.00. The Kier molecular flexibility index (Phi) is 1.88. The van der Waals surface area contributed by atoms with E-state index < -0.39 is 4.87 Å². The zero-order chi connectivity index (χ0) is 9.31. The van der Waals surface area contributed by atoms with E-state index in [1.807, 2.05) is 6.92 Å². The molecule has 0 aliphatic carbocycles. The highest BCUT2D eigenvalue weighted by molar-refractivity contribution is 7.82.